The van der Waals surface area contributed by atoms with E-state index in [0.717, 1.165) is 0 Å². The Balaban J connectivity index is 2.63. The Morgan fingerprint density at radius 2 is 1.87 bits per heavy atom. The van der Waals surface area contributed by atoms with Crippen molar-refractivity contribution in [2.75, 3.05) is 0 Å². The molecule has 1 aromatic carbocycles. The summed E-state index contributed by atoms with van der Waals surface area (Å²) < 4.78 is 1.68. The standard InChI is InChI=1S/C9H6Cl3N3/c10-4-8-14-13-5-15(8)9-6(11)2-1-3-7(9)12/h1-3,5H,4H2. The maximum absolute atomic E-state index is 6.05. The van der Waals surface area contributed by atoms with Crippen molar-refractivity contribution < 1.29 is 0 Å². The number of para-hydroxylation sites is 1. The molecule has 1 aromatic heterocycles. The summed E-state index contributed by atoms with van der Waals surface area (Å²) in [7, 11) is 0. The van der Waals surface area contributed by atoms with Crippen molar-refractivity contribution in [1.82, 2.24) is 14.8 Å². The minimum Gasteiger partial charge on any atom is -0.282 e. The number of hydrogen-bond donors (Lipinski definition) is 0. The fourth-order valence-corrected chi connectivity index (χ4v) is 2.02. The molecule has 0 unspecified atom stereocenters. The lowest BCUT2D eigenvalue weighted by Gasteiger charge is -2.08. The highest BCUT2D eigenvalue weighted by atomic mass is 35.5. The molecule has 0 aliphatic rings. The van der Waals surface area contributed by atoms with Gasteiger partial charge in [0.15, 0.2) is 5.82 Å². The van der Waals surface area contributed by atoms with Crippen molar-refractivity contribution in [2.45, 2.75) is 5.88 Å². The van der Waals surface area contributed by atoms with Crippen LogP contribution in [-0.4, -0.2) is 14.8 Å². The minimum absolute atomic E-state index is 0.252. The van der Waals surface area contributed by atoms with Crippen LogP contribution in [0.4, 0.5) is 0 Å². The average Bonchev–Trinajstić information content (AvgIpc) is 2.65. The number of hydrogen-bond acceptors (Lipinski definition) is 2. The van der Waals surface area contributed by atoms with E-state index in [1.807, 2.05) is 0 Å². The number of rotatable bonds is 2. The van der Waals surface area contributed by atoms with Gasteiger partial charge in [0.25, 0.3) is 0 Å². The Labute approximate surface area is 102 Å². The zero-order valence-corrected chi connectivity index (χ0v) is 9.76. The van der Waals surface area contributed by atoms with Crippen molar-refractivity contribution in [1.29, 1.82) is 0 Å². The minimum atomic E-state index is 0.252. The van der Waals surface area contributed by atoms with E-state index >= 15 is 0 Å². The topological polar surface area (TPSA) is 30.7 Å². The van der Waals surface area contributed by atoms with Gasteiger partial charge in [-0.3, -0.25) is 4.57 Å². The highest BCUT2D eigenvalue weighted by Crippen LogP contribution is 2.28. The van der Waals surface area contributed by atoms with Gasteiger partial charge in [0.1, 0.15) is 6.33 Å². The lowest BCUT2D eigenvalue weighted by atomic mass is 10.3. The SMILES string of the molecule is ClCc1nncn1-c1c(Cl)cccc1Cl. The lowest BCUT2D eigenvalue weighted by molar-refractivity contribution is 0.951. The number of halogens is 3. The normalized spacial score (nSPS) is 10.6. The molecule has 0 saturated heterocycles. The van der Waals surface area contributed by atoms with E-state index in [-0.39, 0.29) is 5.88 Å². The molecule has 0 atom stereocenters. The van der Waals surface area contributed by atoms with Gasteiger partial charge < -0.3 is 0 Å². The maximum Gasteiger partial charge on any atom is 0.152 e. The molecule has 1 heterocycles. The van der Waals surface area contributed by atoms with Crippen LogP contribution in [0.1, 0.15) is 5.82 Å². The van der Waals surface area contributed by atoms with Crippen LogP contribution >= 0.6 is 34.8 Å². The van der Waals surface area contributed by atoms with Gasteiger partial charge in [-0.05, 0) is 12.1 Å². The molecular weight excluding hydrogens is 256 g/mol. The Morgan fingerprint density at radius 3 is 2.47 bits per heavy atom. The lowest BCUT2D eigenvalue weighted by Crippen LogP contribution is -1.99. The molecule has 0 spiro atoms. The Hall–Kier alpha value is -0.770. The van der Waals surface area contributed by atoms with Crippen molar-refractivity contribution in [3.8, 4) is 5.69 Å². The molecule has 0 aliphatic carbocycles. The third-order valence-corrected chi connectivity index (χ3v) is 2.77. The second-order valence-corrected chi connectivity index (χ2v) is 3.90. The summed E-state index contributed by atoms with van der Waals surface area (Å²) in [5, 5.41) is 8.69. The highest BCUT2D eigenvalue weighted by Gasteiger charge is 2.11. The second kappa shape index (κ2) is 4.39. The molecule has 6 heteroatoms. The third-order valence-electron chi connectivity index (χ3n) is 1.92. The predicted octanol–water partition coefficient (Wildman–Crippen LogP) is 3.31. The van der Waals surface area contributed by atoms with Crippen LogP contribution < -0.4 is 0 Å². The molecule has 2 aromatic rings. The van der Waals surface area contributed by atoms with Crippen molar-refractivity contribution in [3.63, 3.8) is 0 Å². The van der Waals surface area contributed by atoms with Gasteiger partial charge in [0, 0.05) is 0 Å². The largest absolute Gasteiger partial charge is 0.282 e. The molecule has 0 radical (unpaired) electrons. The summed E-state index contributed by atoms with van der Waals surface area (Å²) >= 11 is 17.8. The van der Waals surface area contributed by atoms with Crippen LogP contribution in [0.3, 0.4) is 0 Å². The molecule has 2 rings (SSSR count). The Bertz CT molecular complexity index is 461. The van der Waals surface area contributed by atoms with Crippen LogP contribution in [0.5, 0.6) is 0 Å². The van der Waals surface area contributed by atoms with Gasteiger partial charge in [-0.2, -0.15) is 0 Å². The van der Waals surface area contributed by atoms with Gasteiger partial charge in [0.2, 0.25) is 0 Å². The number of benzene rings is 1. The molecular formula is C9H6Cl3N3. The molecule has 15 heavy (non-hydrogen) atoms. The van der Waals surface area contributed by atoms with Crippen molar-refractivity contribution >= 4 is 34.8 Å². The van der Waals surface area contributed by atoms with Gasteiger partial charge in [-0.1, -0.05) is 29.3 Å². The molecule has 0 bridgehead atoms. The molecule has 78 valence electrons. The molecule has 0 amide bonds. The zero-order valence-electron chi connectivity index (χ0n) is 7.49. The number of aromatic nitrogens is 3. The van der Waals surface area contributed by atoms with E-state index in [1.54, 1.807) is 22.8 Å². The van der Waals surface area contributed by atoms with Crippen LogP contribution in [0, 0.1) is 0 Å². The summed E-state index contributed by atoms with van der Waals surface area (Å²) in [6.07, 6.45) is 1.53. The summed E-state index contributed by atoms with van der Waals surface area (Å²) in [4.78, 5) is 0. The summed E-state index contributed by atoms with van der Waals surface area (Å²) in [5.41, 5.74) is 0.654. The van der Waals surface area contributed by atoms with Crippen LogP contribution in [0.2, 0.25) is 10.0 Å². The first kappa shape index (κ1) is 10.7. The molecule has 0 N–H and O–H groups in total. The number of alkyl halides is 1. The van der Waals surface area contributed by atoms with Crippen molar-refractivity contribution in [2.24, 2.45) is 0 Å². The summed E-state index contributed by atoms with van der Waals surface area (Å²) in [6.45, 7) is 0. The van der Waals surface area contributed by atoms with Gasteiger partial charge in [-0.15, -0.1) is 21.8 Å². The summed E-state index contributed by atoms with van der Waals surface area (Å²) in [5.74, 6) is 0.855. The quantitative estimate of drug-likeness (QED) is 0.777. The highest BCUT2D eigenvalue weighted by molar-refractivity contribution is 6.37. The van der Waals surface area contributed by atoms with E-state index in [2.05, 4.69) is 10.2 Å². The number of nitrogens with zero attached hydrogens (tertiary/aromatic N) is 3. The van der Waals surface area contributed by atoms with Gasteiger partial charge in [-0.25, -0.2) is 0 Å². The van der Waals surface area contributed by atoms with Crippen molar-refractivity contribution in [3.05, 3.63) is 40.4 Å². The fraction of sp³-hybridized carbons (Fsp3) is 0.111. The monoisotopic (exact) mass is 261 g/mol. The molecule has 0 aliphatic heterocycles. The fourth-order valence-electron chi connectivity index (χ4n) is 1.26. The molecule has 3 nitrogen and oxygen atoms in total. The van der Waals surface area contributed by atoms with Gasteiger partial charge in [0.05, 0.1) is 21.6 Å². The van der Waals surface area contributed by atoms with Crippen LogP contribution in [-0.2, 0) is 5.88 Å². The Kier molecular flexibility index (Phi) is 3.14. The average molecular weight is 263 g/mol. The van der Waals surface area contributed by atoms with E-state index in [0.29, 0.717) is 21.6 Å². The first-order valence-electron chi connectivity index (χ1n) is 4.13. The van der Waals surface area contributed by atoms with E-state index in [9.17, 15) is 0 Å². The molecule has 0 saturated carbocycles. The zero-order chi connectivity index (χ0) is 10.8. The van der Waals surface area contributed by atoms with E-state index in [1.165, 1.54) is 6.33 Å². The third kappa shape index (κ3) is 1.95. The molecule has 0 fully saturated rings. The van der Waals surface area contributed by atoms with E-state index < -0.39 is 0 Å². The smallest absolute Gasteiger partial charge is 0.152 e. The first-order valence-corrected chi connectivity index (χ1v) is 5.42. The first-order chi connectivity index (χ1) is 7.24. The maximum atomic E-state index is 6.05. The van der Waals surface area contributed by atoms with E-state index in [4.69, 9.17) is 34.8 Å². The van der Waals surface area contributed by atoms with Crippen LogP contribution in [0.25, 0.3) is 5.69 Å². The Morgan fingerprint density at radius 1 is 1.20 bits per heavy atom. The predicted molar refractivity (Wildman–Crippen MR) is 60.9 cm³/mol. The summed E-state index contributed by atoms with van der Waals surface area (Å²) in [6, 6.07) is 5.28. The van der Waals surface area contributed by atoms with Gasteiger partial charge >= 0.3 is 0 Å². The van der Waals surface area contributed by atoms with Crippen LogP contribution in [0.15, 0.2) is 24.5 Å². The second-order valence-electron chi connectivity index (χ2n) is 2.82.